The molecule has 1 heterocycles. The minimum atomic E-state index is -7.42. The van der Waals surface area contributed by atoms with Gasteiger partial charge in [0.25, 0.3) is 0 Å². The number of alkyl halides is 9. The summed E-state index contributed by atoms with van der Waals surface area (Å²) >= 11 is 5.94. The largest absolute Gasteiger partial charge is 0.460 e. The SMILES string of the molecule is O=S(=O)(Oc1cccc2oc3cccc(Cl)c3c12)C(F)(F)C(F)(F)C(F)(F)C(F)(F)F. The first kappa shape index (κ1) is 23.3. The molecule has 0 aliphatic rings. The Morgan fingerprint density at radius 1 is 0.774 bits per heavy atom. The molecule has 3 aromatic rings. The Kier molecular flexibility index (Phi) is 5.13. The van der Waals surface area contributed by atoms with Gasteiger partial charge in [-0.1, -0.05) is 23.7 Å². The van der Waals surface area contributed by atoms with Crippen LogP contribution in [-0.2, 0) is 10.1 Å². The lowest BCUT2D eigenvalue weighted by molar-refractivity contribution is -0.382. The van der Waals surface area contributed by atoms with Crippen LogP contribution in [0.25, 0.3) is 21.9 Å². The number of hydrogen-bond donors (Lipinski definition) is 0. The van der Waals surface area contributed by atoms with Crippen LogP contribution in [0.4, 0.5) is 39.5 Å². The second kappa shape index (κ2) is 6.82. The maximum absolute atomic E-state index is 13.9. The topological polar surface area (TPSA) is 56.5 Å². The zero-order valence-corrected chi connectivity index (χ0v) is 15.9. The Morgan fingerprint density at radius 3 is 1.84 bits per heavy atom. The second-order valence-corrected chi connectivity index (χ2v) is 8.04. The van der Waals surface area contributed by atoms with Crippen LogP contribution in [0.1, 0.15) is 0 Å². The van der Waals surface area contributed by atoms with Gasteiger partial charge in [-0.2, -0.15) is 47.9 Å². The lowest BCUT2D eigenvalue weighted by atomic mass is 10.1. The molecule has 0 unspecified atom stereocenters. The van der Waals surface area contributed by atoms with Gasteiger partial charge in [-0.05, 0) is 24.3 Å². The van der Waals surface area contributed by atoms with Crippen LogP contribution in [0.15, 0.2) is 40.8 Å². The van der Waals surface area contributed by atoms with E-state index in [2.05, 4.69) is 4.18 Å². The molecule has 0 atom stereocenters. The molecule has 0 saturated carbocycles. The van der Waals surface area contributed by atoms with E-state index in [9.17, 15) is 47.9 Å². The highest BCUT2D eigenvalue weighted by molar-refractivity contribution is 7.88. The third-order valence-electron chi connectivity index (χ3n) is 4.06. The molecule has 0 aliphatic heterocycles. The van der Waals surface area contributed by atoms with Crippen LogP contribution in [0, 0.1) is 0 Å². The zero-order chi connectivity index (χ0) is 23.6. The van der Waals surface area contributed by atoms with Crippen LogP contribution in [0.3, 0.4) is 0 Å². The van der Waals surface area contributed by atoms with Gasteiger partial charge in [0, 0.05) is 0 Å². The van der Waals surface area contributed by atoms with Crippen LogP contribution in [0.5, 0.6) is 5.75 Å². The van der Waals surface area contributed by atoms with Gasteiger partial charge >= 0.3 is 33.4 Å². The monoisotopic (exact) mass is 500 g/mol. The van der Waals surface area contributed by atoms with E-state index in [1.165, 1.54) is 24.3 Å². The van der Waals surface area contributed by atoms with E-state index >= 15 is 0 Å². The molecule has 3 rings (SSSR count). The molecule has 31 heavy (non-hydrogen) atoms. The fourth-order valence-electron chi connectivity index (χ4n) is 2.55. The summed E-state index contributed by atoms with van der Waals surface area (Å²) in [5, 5.41) is -7.65. The van der Waals surface area contributed by atoms with Gasteiger partial charge in [0.15, 0.2) is 5.75 Å². The highest BCUT2D eigenvalue weighted by atomic mass is 35.5. The molecule has 0 radical (unpaired) electrons. The molecule has 15 heteroatoms. The van der Waals surface area contributed by atoms with Gasteiger partial charge in [-0.3, -0.25) is 0 Å². The summed E-state index contributed by atoms with van der Waals surface area (Å²) in [7, 11) is -7.11. The van der Waals surface area contributed by atoms with Gasteiger partial charge in [-0.25, -0.2) is 0 Å². The van der Waals surface area contributed by atoms with Gasteiger partial charge in [-0.15, -0.1) is 0 Å². The highest BCUT2D eigenvalue weighted by Gasteiger charge is 2.86. The maximum atomic E-state index is 13.9. The van der Waals surface area contributed by atoms with E-state index in [0.29, 0.717) is 6.07 Å². The first-order valence-electron chi connectivity index (χ1n) is 7.69. The van der Waals surface area contributed by atoms with Crippen molar-refractivity contribution in [2.75, 3.05) is 0 Å². The van der Waals surface area contributed by atoms with Crippen LogP contribution < -0.4 is 4.18 Å². The van der Waals surface area contributed by atoms with Gasteiger partial charge < -0.3 is 8.60 Å². The summed E-state index contributed by atoms with van der Waals surface area (Å²) in [6.45, 7) is 0. The average molecular weight is 501 g/mol. The van der Waals surface area contributed by atoms with Crippen molar-refractivity contribution in [1.82, 2.24) is 0 Å². The molecular formula is C16H6ClF9O4S. The standard InChI is InChI=1S/C16H6ClF9O4S/c17-7-3-1-4-8-11(7)12-9(29-8)5-2-6-10(12)30-31(27,28)16(25,26)14(20,21)13(18,19)15(22,23)24/h1-6H. The summed E-state index contributed by atoms with van der Waals surface area (Å²) in [6, 6.07) is 6.76. The number of benzene rings is 2. The Balaban J connectivity index is 2.16. The Morgan fingerprint density at radius 2 is 1.29 bits per heavy atom. The number of hydrogen-bond acceptors (Lipinski definition) is 4. The molecule has 170 valence electrons. The molecule has 0 saturated heterocycles. The van der Waals surface area contributed by atoms with Gasteiger partial charge in [0.05, 0.1) is 15.8 Å². The van der Waals surface area contributed by atoms with Crippen molar-refractivity contribution in [3.05, 3.63) is 41.4 Å². The van der Waals surface area contributed by atoms with Crippen molar-refractivity contribution >= 4 is 43.7 Å². The van der Waals surface area contributed by atoms with Crippen LogP contribution in [-0.4, -0.2) is 31.7 Å². The predicted molar refractivity (Wildman–Crippen MR) is 89.2 cm³/mol. The van der Waals surface area contributed by atoms with Crippen molar-refractivity contribution in [2.24, 2.45) is 0 Å². The first-order valence-corrected chi connectivity index (χ1v) is 9.48. The molecule has 0 N–H and O–H groups in total. The average Bonchev–Trinajstić information content (AvgIpc) is 3.00. The fourth-order valence-corrected chi connectivity index (χ4v) is 3.73. The number of fused-ring (bicyclic) bond motifs is 3. The molecule has 0 spiro atoms. The van der Waals surface area contributed by atoms with Crippen molar-refractivity contribution in [2.45, 2.75) is 23.3 Å². The van der Waals surface area contributed by atoms with E-state index in [1.807, 2.05) is 0 Å². The molecule has 4 nitrogen and oxygen atoms in total. The Labute approximate surface area is 171 Å². The van der Waals surface area contributed by atoms with E-state index in [0.717, 1.165) is 6.07 Å². The molecule has 1 aromatic heterocycles. The highest BCUT2D eigenvalue weighted by Crippen LogP contribution is 2.55. The van der Waals surface area contributed by atoms with Gasteiger partial charge in [0.1, 0.15) is 11.2 Å². The van der Waals surface area contributed by atoms with E-state index < -0.39 is 44.5 Å². The third-order valence-corrected chi connectivity index (χ3v) is 5.66. The van der Waals surface area contributed by atoms with E-state index in [-0.39, 0.29) is 21.6 Å². The first-order chi connectivity index (χ1) is 14.0. The third kappa shape index (κ3) is 3.26. The molecular weight excluding hydrogens is 495 g/mol. The summed E-state index contributed by atoms with van der Waals surface area (Å²) in [5.41, 5.74) is -0.247. The molecule has 2 aromatic carbocycles. The molecule has 0 bridgehead atoms. The maximum Gasteiger partial charge on any atom is 0.460 e. The number of halogens is 10. The normalized spacial score (nSPS) is 14.4. The second-order valence-electron chi connectivity index (χ2n) is 6.05. The summed E-state index contributed by atoms with van der Waals surface area (Å²) in [4.78, 5) is 0. The minimum absolute atomic E-state index is 0.0170. The van der Waals surface area contributed by atoms with Crippen LogP contribution in [0.2, 0.25) is 5.02 Å². The minimum Gasteiger partial charge on any atom is -0.456 e. The predicted octanol–water partition coefficient (Wildman–Crippen LogP) is 6.37. The quantitative estimate of drug-likeness (QED) is 0.302. The molecule has 0 fully saturated rings. The number of furan rings is 1. The molecule has 0 aliphatic carbocycles. The lowest BCUT2D eigenvalue weighted by Gasteiger charge is -2.32. The Bertz CT molecular complexity index is 1270. The van der Waals surface area contributed by atoms with Gasteiger partial charge in [0.2, 0.25) is 0 Å². The smallest absolute Gasteiger partial charge is 0.456 e. The summed E-state index contributed by atoms with van der Waals surface area (Å²) < 4.78 is 150. The van der Waals surface area contributed by atoms with E-state index in [1.54, 1.807) is 0 Å². The lowest BCUT2D eigenvalue weighted by Crippen LogP contribution is -2.63. The number of rotatable bonds is 5. The van der Waals surface area contributed by atoms with Crippen molar-refractivity contribution < 1.29 is 56.5 Å². The van der Waals surface area contributed by atoms with Crippen molar-refractivity contribution in [1.29, 1.82) is 0 Å². The van der Waals surface area contributed by atoms with Crippen molar-refractivity contribution in [3.8, 4) is 5.75 Å². The van der Waals surface area contributed by atoms with Crippen LogP contribution >= 0.6 is 11.6 Å². The fraction of sp³-hybridized carbons (Fsp3) is 0.250. The van der Waals surface area contributed by atoms with E-state index in [4.69, 9.17) is 16.0 Å². The van der Waals surface area contributed by atoms with Crippen molar-refractivity contribution in [3.63, 3.8) is 0 Å². The summed E-state index contributed by atoms with van der Waals surface area (Å²) in [5.74, 6) is -15.9. The Hall–Kier alpha value is -2.35. The zero-order valence-electron chi connectivity index (χ0n) is 14.3. The summed E-state index contributed by atoms with van der Waals surface area (Å²) in [6.07, 6.45) is -7.19. The molecule has 0 amide bonds.